The zero-order valence-electron chi connectivity index (χ0n) is 39.3. The van der Waals surface area contributed by atoms with Crippen LogP contribution in [-0.2, 0) is 52.6 Å². The predicted octanol–water partition coefficient (Wildman–Crippen LogP) is 8.19. The van der Waals surface area contributed by atoms with E-state index >= 15 is 0 Å². The number of unbranched alkanes of at least 4 members (excludes halogenated alkanes) is 7. The maximum absolute atomic E-state index is 13.5. The molecule has 0 fully saturated rings. The summed E-state index contributed by atoms with van der Waals surface area (Å²) in [4.78, 5) is 55.8. The quantitative estimate of drug-likeness (QED) is 0.0347. The van der Waals surface area contributed by atoms with Gasteiger partial charge in [0.15, 0.2) is 0 Å². The minimum absolute atomic E-state index is 0.185. The molecule has 346 valence electrons. The van der Waals surface area contributed by atoms with Gasteiger partial charge in [0.2, 0.25) is 19.0 Å². The molecule has 12 nitrogen and oxygen atoms in total. The Balaban J connectivity index is 0.637. The summed E-state index contributed by atoms with van der Waals surface area (Å²) >= 11 is 0. The molecule has 2 aliphatic rings. The standard InChI is InChI=1S/C55H65N8O4/c1-3-62-52(64)46-21-14-19-44-42(23-25-48(50(44)46)53(62)65)17-8-4-6-10-27-58-35-37-60(40-58)29-12-13-30-61-38-36-59(41-61)28-11-7-5-9-18-43-24-26-49-51-45(43)20-15-22-47(51)54(66)63(55(49)67)32-16-31-57-34-33-56(2)39-57/h14-15,19-26,33-41H,3-13,16-18,27-32H2,1-2H3/q+3. The smallest absolute Gasteiger partial charge is 0.261 e. The first-order valence-corrected chi connectivity index (χ1v) is 24.7. The van der Waals surface area contributed by atoms with Crippen molar-refractivity contribution in [3.8, 4) is 0 Å². The van der Waals surface area contributed by atoms with Gasteiger partial charge in [0.1, 0.15) is 37.2 Å². The molecular formula is C55H65N8O4+3. The lowest BCUT2D eigenvalue weighted by molar-refractivity contribution is -0.697. The van der Waals surface area contributed by atoms with Crippen molar-refractivity contribution < 1.29 is 32.9 Å². The van der Waals surface area contributed by atoms with Crippen molar-refractivity contribution in [3.05, 3.63) is 150 Å². The van der Waals surface area contributed by atoms with Gasteiger partial charge in [0, 0.05) is 52.5 Å². The second kappa shape index (κ2) is 20.9. The van der Waals surface area contributed by atoms with E-state index < -0.39 is 0 Å². The van der Waals surface area contributed by atoms with Gasteiger partial charge in [-0.05, 0) is 117 Å². The monoisotopic (exact) mass is 902 g/mol. The van der Waals surface area contributed by atoms with Crippen LogP contribution in [0.5, 0.6) is 0 Å². The summed E-state index contributed by atoms with van der Waals surface area (Å²) in [7, 11) is 1.98. The normalized spacial score (nSPS) is 13.6. The van der Waals surface area contributed by atoms with Crippen LogP contribution >= 0.6 is 0 Å². The summed E-state index contributed by atoms with van der Waals surface area (Å²) in [6.07, 6.45) is 33.1. The van der Waals surface area contributed by atoms with Gasteiger partial charge in [-0.3, -0.25) is 29.0 Å². The van der Waals surface area contributed by atoms with Crippen LogP contribution in [0.4, 0.5) is 0 Å². The van der Waals surface area contributed by atoms with Crippen LogP contribution in [0.15, 0.2) is 117 Å². The van der Waals surface area contributed by atoms with Crippen molar-refractivity contribution in [2.45, 2.75) is 123 Å². The number of aryl methyl sites for hydroxylation is 8. The summed E-state index contributed by atoms with van der Waals surface area (Å²) in [5, 5.41) is 3.72. The number of nitrogens with zero attached hydrogens (tertiary/aromatic N) is 8. The number of carbonyl (C=O) groups is 4. The number of benzene rings is 4. The van der Waals surface area contributed by atoms with Crippen LogP contribution in [-0.4, -0.2) is 60.2 Å². The molecule has 5 heterocycles. The molecule has 0 N–H and O–H groups in total. The first-order valence-electron chi connectivity index (χ1n) is 24.7. The van der Waals surface area contributed by atoms with E-state index in [0.717, 1.165) is 131 Å². The lowest BCUT2D eigenvalue weighted by atomic mass is 9.89. The van der Waals surface area contributed by atoms with Gasteiger partial charge in [-0.2, -0.15) is 0 Å². The molecule has 0 radical (unpaired) electrons. The summed E-state index contributed by atoms with van der Waals surface area (Å²) in [5.74, 6) is -0.742. The molecule has 12 heteroatoms. The van der Waals surface area contributed by atoms with Crippen molar-refractivity contribution in [2.24, 2.45) is 7.05 Å². The van der Waals surface area contributed by atoms with Crippen LogP contribution in [0, 0.1) is 0 Å². The average molecular weight is 902 g/mol. The van der Waals surface area contributed by atoms with Crippen LogP contribution in [0.3, 0.4) is 0 Å². The molecule has 67 heavy (non-hydrogen) atoms. The third-order valence-corrected chi connectivity index (χ3v) is 13.9. The van der Waals surface area contributed by atoms with Gasteiger partial charge in [-0.25, -0.2) is 27.4 Å². The van der Waals surface area contributed by atoms with Gasteiger partial charge in [0.05, 0.1) is 39.8 Å². The molecule has 0 aliphatic carbocycles. The molecule has 3 aromatic heterocycles. The number of rotatable bonds is 24. The van der Waals surface area contributed by atoms with E-state index in [1.54, 1.807) is 0 Å². The molecule has 2 aliphatic heterocycles. The zero-order chi connectivity index (χ0) is 46.3. The van der Waals surface area contributed by atoms with Crippen LogP contribution < -0.4 is 13.7 Å². The van der Waals surface area contributed by atoms with E-state index in [-0.39, 0.29) is 23.6 Å². The lowest BCUT2D eigenvalue weighted by Crippen LogP contribution is -2.41. The van der Waals surface area contributed by atoms with E-state index in [9.17, 15) is 19.2 Å². The molecule has 0 spiro atoms. The molecule has 0 saturated carbocycles. The molecule has 0 saturated heterocycles. The highest BCUT2D eigenvalue weighted by molar-refractivity contribution is 6.26. The fraction of sp³-hybridized carbons (Fsp3) is 0.400. The summed E-state index contributed by atoms with van der Waals surface area (Å²) < 4.78 is 13.3. The Morgan fingerprint density at radius 1 is 0.433 bits per heavy atom. The van der Waals surface area contributed by atoms with Gasteiger partial charge in [-0.15, -0.1) is 0 Å². The molecule has 0 atom stereocenters. The fourth-order valence-electron chi connectivity index (χ4n) is 10.3. The van der Waals surface area contributed by atoms with E-state index in [1.807, 2.05) is 73.7 Å². The van der Waals surface area contributed by atoms with Crippen LogP contribution in [0.25, 0.3) is 21.5 Å². The number of amides is 4. The molecule has 0 bridgehead atoms. The van der Waals surface area contributed by atoms with Gasteiger partial charge >= 0.3 is 0 Å². The largest absolute Gasteiger partial charge is 0.275 e. The first kappa shape index (κ1) is 45.5. The Labute approximate surface area is 393 Å². The number of imide groups is 2. The highest BCUT2D eigenvalue weighted by atomic mass is 16.2. The highest BCUT2D eigenvalue weighted by Crippen LogP contribution is 2.34. The summed E-state index contributed by atoms with van der Waals surface area (Å²) in [6.45, 7) is 7.43. The molecule has 4 amide bonds. The second-order valence-corrected chi connectivity index (χ2v) is 18.6. The van der Waals surface area contributed by atoms with Gasteiger partial charge in [-0.1, -0.05) is 49.2 Å². The topological polar surface area (TPSA) is 101 Å². The second-order valence-electron chi connectivity index (χ2n) is 18.6. The van der Waals surface area contributed by atoms with Crippen LogP contribution in [0.2, 0.25) is 0 Å². The third kappa shape index (κ3) is 10.0. The van der Waals surface area contributed by atoms with Crippen molar-refractivity contribution in [1.82, 2.24) is 23.5 Å². The number of carbonyl (C=O) groups excluding carboxylic acids is 4. The van der Waals surface area contributed by atoms with Crippen molar-refractivity contribution >= 4 is 45.2 Å². The lowest BCUT2D eigenvalue weighted by Gasteiger charge is -2.27. The SMILES string of the molecule is CCN1C(=O)c2cccc3c(CCCCCC[n+]4ccn(CCCCn5cc[n+](CCCCCCc6ccc7c8c(cccc68)C(=O)N(CCCn6cc[n+](C)c6)C7=O)c5)c4)ccc(c23)C1=O. The Morgan fingerprint density at radius 3 is 1.37 bits per heavy atom. The average Bonchev–Trinajstić information content (AvgIpc) is 4.11. The molecule has 4 aromatic carbocycles. The Kier molecular flexibility index (Phi) is 14.2. The number of hydrogen-bond donors (Lipinski definition) is 0. The first-order chi connectivity index (χ1) is 32.8. The minimum atomic E-state index is -0.186. The Bertz CT molecular complexity index is 2880. The summed E-state index contributed by atoms with van der Waals surface area (Å²) in [6, 6.07) is 19.8. The van der Waals surface area contributed by atoms with Crippen molar-refractivity contribution in [1.29, 1.82) is 0 Å². The van der Waals surface area contributed by atoms with Crippen LogP contribution in [0.1, 0.15) is 130 Å². The van der Waals surface area contributed by atoms with E-state index in [0.29, 0.717) is 41.8 Å². The fourth-order valence-corrected chi connectivity index (χ4v) is 10.3. The number of aromatic nitrogens is 6. The summed E-state index contributed by atoms with van der Waals surface area (Å²) in [5.41, 5.74) is 4.99. The Hall–Kier alpha value is -6.69. The van der Waals surface area contributed by atoms with Crippen molar-refractivity contribution in [2.75, 3.05) is 13.1 Å². The highest BCUT2D eigenvalue weighted by Gasteiger charge is 2.34. The molecular weight excluding hydrogens is 837 g/mol. The maximum atomic E-state index is 13.5. The van der Waals surface area contributed by atoms with Gasteiger partial charge in [0.25, 0.3) is 23.6 Å². The molecule has 7 aromatic rings. The van der Waals surface area contributed by atoms with E-state index in [1.165, 1.54) is 20.9 Å². The number of imidazole rings is 3. The zero-order valence-corrected chi connectivity index (χ0v) is 39.3. The van der Waals surface area contributed by atoms with Gasteiger partial charge < -0.3 is 0 Å². The van der Waals surface area contributed by atoms with Crippen molar-refractivity contribution in [3.63, 3.8) is 0 Å². The predicted molar refractivity (Wildman–Crippen MR) is 257 cm³/mol. The van der Waals surface area contributed by atoms with E-state index in [4.69, 9.17) is 0 Å². The maximum Gasteiger partial charge on any atom is 0.261 e. The Morgan fingerprint density at radius 2 is 0.881 bits per heavy atom. The molecule has 9 rings (SSSR count). The minimum Gasteiger partial charge on any atom is -0.275 e. The number of hydrogen-bond acceptors (Lipinski definition) is 4. The molecule has 0 unspecified atom stereocenters. The third-order valence-electron chi connectivity index (χ3n) is 13.9. The van der Waals surface area contributed by atoms with E-state index in [2.05, 4.69) is 84.5 Å².